The normalized spacial score (nSPS) is 28.6. The van der Waals surface area contributed by atoms with Gasteiger partial charge in [0.1, 0.15) is 5.84 Å². The van der Waals surface area contributed by atoms with Crippen molar-refractivity contribution in [2.24, 2.45) is 23.5 Å². The summed E-state index contributed by atoms with van der Waals surface area (Å²) in [5.41, 5.74) is 7.63. The molecular formula is C16H23N3. The van der Waals surface area contributed by atoms with E-state index in [-0.39, 0.29) is 5.84 Å². The van der Waals surface area contributed by atoms with Crippen LogP contribution >= 0.6 is 0 Å². The number of hydrogen-bond acceptors (Lipinski definition) is 2. The third-order valence-corrected chi connectivity index (χ3v) is 5.00. The summed E-state index contributed by atoms with van der Waals surface area (Å²) in [4.78, 5) is 2.29. The third-order valence-electron chi connectivity index (χ3n) is 5.00. The first-order valence-electron chi connectivity index (χ1n) is 7.29. The highest BCUT2D eigenvalue weighted by Gasteiger charge is 2.39. The minimum absolute atomic E-state index is 0.162. The van der Waals surface area contributed by atoms with Gasteiger partial charge in [-0.15, -0.1) is 0 Å². The van der Waals surface area contributed by atoms with Crippen molar-refractivity contribution in [2.75, 3.05) is 18.5 Å². The number of nitrogens with two attached hydrogens (primary N) is 1. The van der Waals surface area contributed by atoms with Gasteiger partial charge in [0.15, 0.2) is 0 Å². The Morgan fingerprint density at radius 3 is 2.74 bits per heavy atom. The van der Waals surface area contributed by atoms with Crippen LogP contribution in [0.25, 0.3) is 0 Å². The molecule has 0 amide bonds. The number of nitrogens with zero attached hydrogens (tertiary/aromatic N) is 1. The van der Waals surface area contributed by atoms with E-state index in [0.717, 1.165) is 35.5 Å². The highest BCUT2D eigenvalue weighted by molar-refractivity contribution is 6.00. The van der Waals surface area contributed by atoms with Gasteiger partial charge in [0, 0.05) is 24.8 Å². The minimum atomic E-state index is 0.162. The quantitative estimate of drug-likeness (QED) is 0.643. The maximum atomic E-state index is 7.69. The van der Waals surface area contributed by atoms with Gasteiger partial charge in [0.25, 0.3) is 0 Å². The first kappa shape index (κ1) is 12.5. The van der Waals surface area contributed by atoms with Gasteiger partial charge in [-0.25, -0.2) is 0 Å². The number of anilines is 1. The molecule has 2 bridgehead atoms. The summed E-state index contributed by atoms with van der Waals surface area (Å²) in [5, 5.41) is 7.69. The molecule has 2 aliphatic carbocycles. The molecular weight excluding hydrogens is 234 g/mol. The van der Waals surface area contributed by atoms with Gasteiger partial charge in [0.05, 0.1) is 0 Å². The van der Waals surface area contributed by atoms with Gasteiger partial charge in [-0.1, -0.05) is 18.6 Å². The van der Waals surface area contributed by atoms with Gasteiger partial charge in [-0.05, 0) is 49.1 Å². The van der Waals surface area contributed by atoms with Crippen LogP contribution in [0.5, 0.6) is 0 Å². The van der Waals surface area contributed by atoms with Crippen LogP contribution in [-0.4, -0.2) is 19.4 Å². The summed E-state index contributed by atoms with van der Waals surface area (Å²) >= 11 is 0. The number of fused-ring (bicyclic) bond motifs is 2. The van der Waals surface area contributed by atoms with Gasteiger partial charge >= 0.3 is 0 Å². The topological polar surface area (TPSA) is 53.1 Å². The summed E-state index contributed by atoms with van der Waals surface area (Å²) in [6.07, 6.45) is 5.73. The van der Waals surface area contributed by atoms with Crippen LogP contribution in [0.2, 0.25) is 0 Å². The van der Waals surface area contributed by atoms with E-state index in [0.29, 0.717) is 0 Å². The third kappa shape index (κ3) is 2.34. The maximum Gasteiger partial charge on any atom is 0.124 e. The number of hydrogen-bond donors (Lipinski definition) is 2. The van der Waals surface area contributed by atoms with E-state index < -0.39 is 0 Å². The van der Waals surface area contributed by atoms with Crippen molar-refractivity contribution in [1.29, 1.82) is 5.41 Å². The number of nitrogen functional groups attached to an aromatic ring is 1. The van der Waals surface area contributed by atoms with Crippen molar-refractivity contribution in [3.8, 4) is 0 Å². The highest BCUT2D eigenvalue weighted by Crippen LogP contribution is 2.48. The van der Waals surface area contributed by atoms with E-state index in [1.165, 1.54) is 25.7 Å². The van der Waals surface area contributed by atoms with Crippen molar-refractivity contribution in [3.63, 3.8) is 0 Å². The molecule has 2 aliphatic rings. The van der Waals surface area contributed by atoms with Gasteiger partial charge in [0.2, 0.25) is 0 Å². The molecule has 1 aromatic carbocycles. The second-order valence-corrected chi connectivity index (χ2v) is 6.25. The largest absolute Gasteiger partial charge is 0.384 e. The van der Waals surface area contributed by atoms with Crippen LogP contribution in [0, 0.1) is 23.2 Å². The molecule has 0 saturated heterocycles. The highest BCUT2D eigenvalue weighted by atomic mass is 15.1. The zero-order valence-corrected chi connectivity index (χ0v) is 11.6. The molecule has 3 rings (SSSR count). The monoisotopic (exact) mass is 257 g/mol. The smallest absolute Gasteiger partial charge is 0.124 e. The molecule has 2 fully saturated rings. The predicted molar refractivity (Wildman–Crippen MR) is 79.7 cm³/mol. The number of para-hydroxylation sites is 1. The van der Waals surface area contributed by atoms with Crippen molar-refractivity contribution < 1.29 is 0 Å². The lowest BCUT2D eigenvalue weighted by molar-refractivity contribution is 0.337. The molecule has 2 saturated carbocycles. The van der Waals surface area contributed by atoms with E-state index >= 15 is 0 Å². The van der Waals surface area contributed by atoms with Crippen LogP contribution < -0.4 is 10.6 Å². The average Bonchev–Trinajstić information content (AvgIpc) is 3.01. The number of amidine groups is 1. The molecule has 0 radical (unpaired) electrons. The molecule has 3 atom stereocenters. The van der Waals surface area contributed by atoms with Gasteiger partial charge in [-0.2, -0.15) is 0 Å². The fourth-order valence-corrected chi connectivity index (χ4v) is 4.08. The van der Waals surface area contributed by atoms with Crippen LogP contribution in [0.4, 0.5) is 5.69 Å². The molecule has 0 heterocycles. The fraction of sp³-hybridized carbons (Fsp3) is 0.562. The van der Waals surface area contributed by atoms with Crippen molar-refractivity contribution in [2.45, 2.75) is 25.7 Å². The van der Waals surface area contributed by atoms with Crippen molar-refractivity contribution >= 4 is 11.5 Å². The van der Waals surface area contributed by atoms with E-state index in [2.05, 4.69) is 18.0 Å². The summed E-state index contributed by atoms with van der Waals surface area (Å²) in [6, 6.07) is 7.99. The SMILES string of the molecule is CN(CC1CC2CCC1C2)c1ccccc1C(=N)N. The standard InChI is InChI=1S/C16H23N3/c1-19(10-13-9-11-6-7-12(13)8-11)15-5-3-2-4-14(15)16(17)18/h2-5,11-13H,6-10H2,1H3,(H3,17,18). The van der Waals surface area contributed by atoms with Crippen molar-refractivity contribution in [1.82, 2.24) is 0 Å². The first-order chi connectivity index (χ1) is 9.15. The Morgan fingerprint density at radius 1 is 1.32 bits per heavy atom. The lowest BCUT2D eigenvalue weighted by atomic mass is 9.88. The van der Waals surface area contributed by atoms with Crippen LogP contribution in [-0.2, 0) is 0 Å². The molecule has 0 aromatic heterocycles. The number of nitrogens with one attached hydrogen (secondary N) is 1. The Morgan fingerprint density at radius 2 is 2.11 bits per heavy atom. The zero-order chi connectivity index (χ0) is 13.4. The number of benzene rings is 1. The summed E-state index contributed by atoms with van der Waals surface area (Å²) < 4.78 is 0. The molecule has 1 aromatic rings. The van der Waals surface area contributed by atoms with E-state index in [1.54, 1.807) is 0 Å². The van der Waals surface area contributed by atoms with Gasteiger partial charge in [-0.3, -0.25) is 5.41 Å². The molecule has 19 heavy (non-hydrogen) atoms. The van der Waals surface area contributed by atoms with Crippen LogP contribution in [0.15, 0.2) is 24.3 Å². The summed E-state index contributed by atoms with van der Waals surface area (Å²) in [5.74, 6) is 2.93. The molecule has 3 unspecified atom stereocenters. The summed E-state index contributed by atoms with van der Waals surface area (Å²) in [6.45, 7) is 1.10. The van der Waals surface area contributed by atoms with E-state index in [1.807, 2.05) is 18.2 Å². The molecule has 3 heteroatoms. The number of rotatable bonds is 4. The Bertz CT molecular complexity index is 483. The fourth-order valence-electron chi connectivity index (χ4n) is 4.08. The molecule has 3 nitrogen and oxygen atoms in total. The van der Waals surface area contributed by atoms with Crippen molar-refractivity contribution in [3.05, 3.63) is 29.8 Å². The average molecular weight is 257 g/mol. The Balaban J connectivity index is 1.74. The minimum Gasteiger partial charge on any atom is -0.384 e. The lowest BCUT2D eigenvalue weighted by Gasteiger charge is -2.29. The maximum absolute atomic E-state index is 7.69. The zero-order valence-electron chi connectivity index (χ0n) is 11.6. The molecule has 3 N–H and O–H groups in total. The Labute approximate surface area is 115 Å². The summed E-state index contributed by atoms with van der Waals surface area (Å²) in [7, 11) is 2.13. The second kappa shape index (κ2) is 4.87. The lowest BCUT2D eigenvalue weighted by Crippen LogP contribution is -2.30. The molecule has 102 valence electrons. The van der Waals surface area contributed by atoms with E-state index in [9.17, 15) is 0 Å². The first-order valence-corrected chi connectivity index (χ1v) is 7.29. The predicted octanol–water partition coefficient (Wildman–Crippen LogP) is 2.84. The van der Waals surface area contributed by atoms with Crippen LogP contribution in [0.3, 0.4) is 0 Å². The van der Waals surface area contributed by atoms with E-state index in [4.69, 9.17) is 11.1 Å². The van der Waals surface area contributed by atoms with Gasteiger partial charge < -0.3 is 10.6 Å². The molecule has 0 aliphatic heterocycles. The van der Waals surface area contributed by atoms with Crippen LogP contribution in [0.1, 0.15) is 31.2 Å². The second-order valence-electron chi connectivity index (χ2n) is 6.25. The Hall–Kier alpha value is -1.51. The Kier molecular flexibility index (Phi) is 3.21. The molecule has 0 spiro atoms.